The average Bonchev–Trinajstić information content (AvgIpc) is 2.38. The molecule has 0 bridgehead atoms. The predicted molar refractivity (Wildman–Crippen MR) is 67.8 cm³/mol. The number of amides is 1. The van der Waals surface area contributed by atoms with E-state index in [0.717, 1.165) is 0 Å². The maximum absolute atomic E-state index is 12.3. The fraction of sp³-hybridized carbons (Fsp3) is 0.500. The van der Waals surface area contributed by atoms with Crippen molar-refractivity contribution in [3.63, 3.8) is 0 Å². The van der Waals surface area contributed by atoms with Gasteiger partial charge in [0.25, 0.3) is 5.91 Å². The van der Waals surface area contributed by atoms with Crippen molar-refractivity contribution >= 4 is 11.6 Å². The van der Waals surface area contributed by atoms with Gasteiger partial charge in [-0.3, -0.25) is 15.6 Å². The van der Waals surface area contributed by atoms with Gasteiger partial charge in [0.1, 0.15) is 0 Å². The van der Waals surface area contributed by atoms with Gasteiger partial charge in [-0.1, -0.05) is 0 Å². The molecule has 0 spiro atoms. The molecule has 0 saturated carbocycles. The lowest BCUT2D eigenvalue weighted by Gasteiger charge is -2.36. The first kappa shape index (κ1) is 12.8. The van der Waals surface area contributed by atoms with Crippen molar-refractivity contribution in [1.82, 2.24) is 9.88 Å². The van der Waals surface area contributed by atoms with E-state index in [4.69, 9.17) is 5.84 Å². The normalized spacial score (nSPS) is 18.5. The molecular formula is C12H18N4O2. The molecule has 0 atom stereocenters. The molecule has 1 aromatic heterocycles. The third-order valence-corrected chi connectivity index (χ3v) is 3.33. The number of hydrogen-bond acceptors (Lipinski definition) is 5. The lowest BCUT2D eigenvalue weighted by molar-refractivity contribution is -0.00199. The molecule has 1 saturated heterocycles. The van der Waals surface area contributed by atoms with Gasteiger partial charge in [0.05, 0.1) is 23.0 Å². The smallest absolute Gasteiger partial charge is 0.256 e. The Morgan fingerprint density at radius 1 is 1.56 bits per heavy atom. The Balaban J connectivity index is 2.13. The highest BCUT2D eigenvalue weighted by molar-refractivity contribution is 5.99. The number of anilines is 1. The van der Waals surface area contributed by atoms with Crippen LogP contribution in [0.5, 0.6) is 0 Å². The molecule has 98 valence electrons. The monoisotopic (exact) mass is 250 g/mol. The first-order chi connectivity index (χ1) is 8.53. The van der Waals surface area contributed by atoms with Crippen molar-refractivity contribution in [1.29, 1.82) is 0 Å². The van der Waals surface area contributed by atoms with Crippen molar-refractivity contribution < 1.29 is 9.90 Å². The second-order valence-electron chi connectivity index (χ2n) is 4.85. The molecule has 1 aliphatic heterocycles. The van der Waals surface area contributed by atoms with Crippen LogP contribution in [-0.4, -0.2) is 39.6 Å². The van der Waals surface area contributed by atoms with E-state index in [-0.39, 0.29) is 5.91 Å². The number of hydrazine groups is 1. The topological polar surface area (TPSA) is 91.5 Å². The first-order valence-corrected chi connectivity index (χ1v) is 5.96. The van der Waals surface area contributed by atoms with Crippen LogP contribution in [0, 0.1) is 0 Å². The zero-order chi connectivity index (χ0) is 13.2. The Morgan fingerprint density at radius 3 is 2.83 bits per heavy atom. The Kier molecular flexibility index (Phi) is 3.49. The maximum atomic E-state index is 12.3. The number of nitrogens with zero attached hydrogens (tertiary/aromatic N) is 2. The van der Waals surface area contributed by atoms with Crippen LogP contribution < -0.4 is 11.3 Å². The van der Waals surface area contributed by atoms with Gasteiger partial charge >= 0.3 is 0 Å². The van der Waals surface area contributed by atoms with Gasteiger partial charge in [-0.2, -0.15) is 0 Å². The summed E-state index contributed by atoms with van der Waals surface area (Å²) in [5.74, 6) is 5.28. The summed E-state index contributed by atoms with van der Waals surface area (Å²) >= 11 is 0. The SMILES string of the molecule is CC1(O)CCN(C(=O)c2ccncc2NN)CC1. The van der Waals surface area contributed by atoms with Gasteiger partial charge in [0.15, 0.2) is 0 Å². The van der Waals surface area contributed by atoms with Crippen molar-refractivity contribution in [3.8, 4) is 0 Å². The van der Waals surface area contributed by atoms with Crippen LogP contribution in [0.25, 0.3) is 0 Å². The Hall–Kier alpha value is -1.66. The summed E-state index contributed by atoms with van der Waals surface area (Å²) in [6.07, 6.45) is 4.27. The van der Waals surface area contributed by atoms with Crippen molar-refractivity contribution in [2.45, 2.75) is 25.4 Å². The largest absolute Gasteiger partial charge is 0.390 e. The highest BCUT2D eigenvalue weighted by Crippen LogP contribution is 2.23. The highest BCUT2D eigenvalue weighted by atomic mass is 16.3. The van der Waals surface area contributed by atoms with Crippen LogP contribution >= 0.6 is 0 Å². The molecule has 18 heavy (non-hydrogen) atoms. The molecule has 1 amide bonds. The van der Waals surface area contributed by atoms with Gasteiger partial charge in [-0.15, -0.1) is 0 Å². The average molecular weight is 250 g/mol. The second-order valence-corrected chi connectivity index (χ2v) is 4.85. The van der Waals surface area contributed by atoms with E-state index in [9.17, 15) is 9.90 Å². The number of nitrogens with one attached hydrogen (secondary N) is 1. The van der Waals surface area contributed by atoms with Crippen molar-refractivity contribution in [3.05, 3.63) is 24.0 Å². The molecule has 1 aromatic rings. The standard InChI is InChI=1S/C12H18N4O2/c1-12(18)3-6-16(7-4-12)11(17)9-2-5-14-8-10(9)15-13/h2,5,8,15,18H,3-4,6-7,13H2,1H3. The molecule has 1 aliphatic rings. The molecule has 0 aromatic carbocycles. The number of piperidine rings is 1. The summed E-state index contributed by atoms with van der Waals surface area (Å²) in [5.41, 5.74) is 2.83. The Morgan fingerprint density at radius 2 is 2.22 bits per heavy atom. The van der Waals surface area contributed by atoms with Gasteiger partial charge in [-0.05, 0) is 25.8 Å². The minimum Gasteiger partial charge on any atom is -0.390 e. The summed E-state index contributed by atoms with van der Waals surface area (Å²) in [6.45, 7) is 2.91. The number of aromatic nitrogens is 1. The minimum atomic E-state index is -0.663. The third-order valence-electron chi connectivity index (χ3n) is 3.33. The van der Waals surface area contributed by atoms with Crippen LogP contribution in [0.3, 0.4) is 0 Å². The molecule has 4 N–H and O–H groups in total. The van der Waals surface area contributed by atoms with Crippen LogP contribution in [0.1, 0.15) is 30.1 Å². The fourth-order valence-corrected chi connectivity index (χ4v) is 2.06. The predicted octanol–water partition coefficient (Wildman–Crippen LogP) is 0.354. The number of nitrogen functional groups attached to an aromatic ring is 1. The zero-order valence-corrected chi connectivity index (χ0v) is 10.4. The number of rotatable bonds is 2. The molecule has 2 heterocycles. The second kappa shape index (κ2) is 4.91. The van der Waals surface area contributed by atoms with E-state index in [1.807, 2.05) is 0 Å². The van der Waals surface area contributed by atoms with Gasteiger partial charge in [-0.25, -0.2) is 0 Å². The van der Waals surface area contributed by atoms with Crippen LogP contribution in [-0.2, 0) is 0 Å². The molecule has 0 radical (unpaired) electrons. The van der Waals surface area contributed by atoms with E-state index < -0.39 is 5.60 Å². The van der Waals surface area contributed by atoms with E-state index in [2.05, 4.69) is 10.4 Å². The molecule has 6 nitrogen and oxygen atoms in total. The number of nitrogens with two attached hydrogens (primary N) is 1. The maximum Gasteiger partial charge on any atom is 0.256 e. The number of likely N-dealkylation sites (tertiary alicyclic amines) is 1. The molecule has 2 rings (SSSR count). The first-order valence-electron chi connectivity index (χ1n) is 5.96. The van der Waals surface area contributed by atoms with Gasteiger partial charge < -0.3 is 15.4 Å². The number of aliphatic hydroxyl groups is 1. The van der Waals surface area contributed by atoms with Crippen molar-refractivity contribution in [2.24, 2.45) is 5.84 Å². The van der Waals surface area contributed by atoms with Crippen LogP contribution in [0.4, 0.5) is 5.69 Å². The molecule has 0 unspecified atom stereocenters. The zero-order valence-electron chi connectivity index (χ0n) is 10.4. The lowest BCUT2D eigenvalue weighted by atomic mass is 9.93. The Labute approximate surface area is 106 Å². The van der Waals surface area contributed by atoms with E-state index in [1.165, 1.54) is 6.20 Å². The van der Waals surface area contributed by atoms with E-state index in [0.29, 0.717) is 37.2 Å². The fourth-order valence-electron chi connectivity index (χ4n) is 2.06. The van der Waals surface area contributed by atoms with E-state index >= 15 is 0 Å². The number of pyridine rings is 1. The van der Waals surface area contributed by atoms with Gasteiger partial charge in [0.2, 0.25) is 0 Å². The summed E-state index contributed by atoms with van der Waals surface area (Å²) in [5, 5.41) is 9.87. The summed E-state index contributed by atoms with van der Waals surface area (Å²) < 4.78 is 0. The summed E-state index contributed by atoms with van der Waals surface area (Å²) in [4.78, 5) is 18.0. The van der Waals surface area contributed by atoms with Crippen LogP contribution in [0.2, 0.25) is 0 Å². The number of hydrogen-bond donors (Lipinski definition) is 3. The molecule has 6 heteroatoms. The summed E-state index contributed by atoms with van der Waals surface area (Å²) in [6, 6.07) is 1.64. The van der Waals surface area contributed by atoms with Gasteiger partial charge in [0, 0.05) is 19.3 Å². The van der Waals surface area contributed by atoms with Crippen LogP contribution in [0.15, 0.2) is 18.5 Å². The molecule has 1 fully saturated rings. The number of carbonyl (C=O) groups excluding carboxylic acids is 1. The Bertz CT molecular complexity index is 437. The molecular weight excluding hydrogens is 232 g/mol. The number of carbonyl (C=O) groups is 1. The summed E-state index contributed by atoms with van der Waals surface area (Å²) in [7, 11) is 0. The van der Waals surface area contributed by atoms with E-state index in [1.54, 1.807) is 24.1 Å². The highest BCUT2D eigenvalue weighted by Gasteiger charge is 2.30. The lowest BCUT2D eigenvalue weighted by Crippen LogP contribution is -2.45. The minimum absolute atomic E-state index is 0.0825. The third kappa shape index (κ3) is 2.60. The quantitative estimate of drug-likeness (QED) is 0.520. The van der Waals surface area contributed by atoms with Crippen molar-refractivity contribution in [2.75, 3.05) is 18.5 Å². The molecule has 0 aliphatic carbocycles.